The maximum absolute atomic E-state index is 13.4. The molecule has 0 radical (unpaired) electrons. The average molecular weight is 455 g/mol. The van der Waals surface area contributed by atoms with Gasteiger partial charge in [0.15, 0.2) is 0 Å². The van der Waals surface area contributed by atoms with Crippen LogP contribution in [0.3, 0.4) is 0 Å². The van der Waals surface area contributed by atoms with Crippen LogP contribution in [0.5, 0.6) is 5.75 Å². The van der Waals surface area contributed by atoms with E-state index in [1.54, 1.807) is 0 Å². The van der Waals surface area contributed by atoms with Crippen molar-refractivity contribution in [3.8, 4) is 17.1 Å². The Kier molecular flexibility index (Phi) is 6.29. The van der Waals surface area contributed by atoms with Crippen molar-refractivity contribution < 1.29 is 23.9 Å². The highest BCUT2D eigenvalue weighted by atomic mass is 19.1. The van der Waals surface area contributed by atoms with E-state index in [1.165, 1.54) is 12.1 Å². The van der Waals surface area contributed by atoms with Crippen LogP contribution in [0.25, 0.3) is 11.4 Å². The monoisotopic (exact) mass is 454 g/mol. The molecule has 1 heterocycles. The average Bonchev–Trinajstić information content (AvgIpc) is 3.10. The van der Waals surface area contributed by atoms with Gasteiger partial charge in [-0.1, -0.05) is 31.1 Å². The molecule has 0 spiro atoms. The lowest BCUT2D eigenvalue weighted by atomic mass is 9.84. The van der Waals surface area contributed by atoms with Gasteiger partial charge in [0, 0.05) is 17.4 Å². The second kappa shape index (κ2) is 8.88. The van der Waals surface area contributed by atoms with E-state index in [0.29, 0.717) is 23.9 Å². The first-order chi connectivity index (χ1) is 15.6. The number of nitrogens with zero attached hydrogens (tertiary/aromatic N) is 2. The molecule has 1 aliphatic carbocycles. The summed E-state index contributed by atoms with van der Waals surface area (Å²) < 4.78 is 24.6. The van der Waals surface area contributed by atoms with Gasteiger partial charge in [-0.25, -0.2) is 4.39 Å². The Morgan fingerprint density at radius 1 is 1.15 bits per heavy atom. The second-order valence-electron chi connectivity index (χ2n) is 9.75. The predicted octanol–water partition coefficient (Wildman–Crippen LogP) is 4.53. The molecule has 1 fully saturated rings. The number of aliphatic hydroxyl groups excluding tert-OH is 2. The summed E-state index contributed by atoms with van der Waals surface area (Å²) in [5, 5.41) is 22.7. The Morgan fingerprint density at radius 3 is 2.36 bits per heavy atom. The number of aromatic nitrogens is 2. The zero-order valence-electron chi connectivity index (χ0n) is 19.6. The summed E-state index contributed by atoms with van der Waals surface area (Å²) in [6, 6.07) is 10.7. The van der Waals surface area contributed by atoms with Gasteiger partial charge in [0.25, 0.3) is 0 Å². The van der Waals surface area contributed by atoms with E-state index in [2.05, 4.69) is 24.0 Å². The van der Waals surface area contributed by atoms with Crippen molar-refractivity contribution in [1.82, 2.24) is 10.1 Å². The topological polar surface area (TPSA) is 88.6 Å². The van der Waals surface area contributed by atoms with Gasteiger partial charge in [-0.05, 0) is 73.1 Å². The molecule has 2 atom stereocenters. The van der Waals surface area contributed by atoms with Crippen molar-refractivity contribution in [2.24, 2.45) is 5.41 Å². The molecule has 176 valence electrons. The van der Waals surface area contributed by atoms with Gasteiger partial charge in [-0.3, -0.25) is 0 Å². The smallest absolute Gasteiger partial charge is 0.226 e. The Labute approximate surface area is 193 Å². The molecule has 3 aromatic rings. The van der Waals surface area contributed by atoms with Crippen LogP contribution < -0.4 is 4.74 Å². The Morgan fingerprint density at radius 2 is 1.79 bits per heavy atom. The standard InChI is InChI=1S/C26H31FN2O4/c1-16-11-18(12-17(2)23(16)32-14-21(31)13-30)24-28-22(33-29-24)9-10-26(15-25(26,3)4)19-5-7-20(27)8-6-19/h5-8,11-12,21,30-31H,9-10,13-15H2,1-4H3/t21-,26?/m0/s1. The van der Waals surface area contributed by atoms with Crippen LogP contribution >= 0.6 is 0 Å². The van der Waals surface area contributed by atoms with Crippen molar-refractivity contribution in [3.63, 3.8) is 0 Å². The van der Waals surface area contributed by atoms with Crippen LogP contribution in [0.4, 0.5) is 4.39 Å². The first-order valence-corrected chi connectivity index (χ1v) is 11.3. The third kappa shape index (κ3) is 4.66. The van der Waals surface area contributed by atoms with Crippen LogP contribution in [-0.4, -0.2) is 39.7 Å². The van der Waals surface area contributed by atoms with E-state index in [9.17, 15) is 9.50 Å². The van der Waals surface area contributed by atoms with Gasteiger partial charge in [-0.15, -0.1) is 0 Å². The molecular weight excluding hydrogens is 423 g/mol. The van der Waals surface area contributed by atoms with Gasteiger partial charge >= 0.3 is 0 Å². The number of benzene rings is 2. The number of aryl methyl sites for hydroxylation is 3. The molecule has 7 heteroatoms. The fraction of sp³-hybridized carbons (Fsp3) is 0.462. The molecule has 1 unspecified atom stereocenters. The van der Waals surface area contributed by atoms with E-state index < -0.39 is 6.10 Å². The number of rotatable bonds is 9. The lowest BCUT2D eigenvalue weighted by Gasteiger charge is -2.20. The Balaban J connectivity index is 1.47. The maximum Gasteiger partial charge on any atom is 0.226 e. The molecule has 33 heavy (non-hydrogen) atoms. The molecule has 1 aromatic heterocycles. The molecule has 0 bridgehead atoms. The number of hydrogen-bond acceptors (Lipinski definition) is 6. The molecule has 1 saturated carbocycles. The van der Waals surface area contributed by atoms with Crippen molar-refractivity contribution in [1.29, 1.82) is 0 Å². The van der Waals surface area contributed by atoms with Crippen LogP contribution in [-0.2, 0) is 11.8 Å². The van der Waals surface area contributed by atoms with Crippen LogP contribution in [0.1, 0.15) is 49.3 Å². The molecule has 4 rings (SSSR count). The molecule has 0 aliphatic heterocycles. The fourth-order valence-electron chi connectivity index (χ4n) is 4.88. The van der Waals surface area contributed by atoms with E-state index in [-0.39, 0.29) is 29.9 Å². The van der Waals surface area contributed by atoms with Gasteiger partial charge in [-0.2, -0.15) is 4.98 Å². The molecule has 6 nitrogen and oxygen atoms in total. The third-order valence-corrected chi connectivity index (χ3v) is 6.89. The minimum absolute atomic E-state index is 0.0133. The highest BCUT2D eigenvalue weighted by Crippen LogP contribution is 2.66. The largest absolute Gasteiger partial charge is 0.490 e. The quantitative estimate of drug-likeness (QED) is 0.494. The zero-order chi connectivity index (χ0) is 23.8. The van der Waals surface area contributed by atoms with Gasteiger partial charge < -0.3 is 19.5 Å². The molecule has 0 amide bonds. The molecule has 2 aromatic carbocycles. The molecule has 1 aliphatic rings. The van der Waals surface area contributed by atoms with E-state index in [4.69, 9.17) is 14.4 Å². The summed E-state index contributed by atoms with van der Waals surface area (Å²) in [5.74, 6) is 1.55. The first kappa shape index (κ1) is 23.4. The summed E-state index contributed by atoms with van der Waals surface area (Å²) in [5.41, 5.74) is 3.88. The Hall–Kier alpha value is -2.77. The molecule has 2 N–H and O–H groups in total. The van der Waals surface area contributed by atoms with Crippen molar-refractivity contribution in [2.45, 2.75) is 58.5 Å². The Bertz CT molecular complexity index is 1100. The molecule has 0 saturated heterocycles. The van der Waals surface area contributed by atoms with E-state index in [0.717, 1.165) is 35.1 Å². The van der Waals surface area contributed by atoms with Gasteiger partial charge in [0.1, 0.15) is 24.3 Å². The van der Waals surface area contributed by atoms with Crippen LogP contribution in [0, 0.1) is 25.1 Å². The summed E-state index contributed by atoms with van der Waals surface area (Å²) in [7, 11) is 0. The summed E-state index contributed by atoms with van der Waals surface area (Å²) in [6.45, 7) is 7.99. The lowest BCUT2D eigenvalue weighted by molar-refractivity contribution is 0.0532. The number of hydrogen-bond donors (Lipinski definition) is 2. The summed E-state index contributed by atoms with van der Waals surface area (Å²) >= 11 is 0. The van der Waals surface area contributed by atoms with Crippen LogP contribution in [0.2, 0.25) is 0 Å². The third-order valence-electron chi connectivity index (χ3n) is 6.89. The number of ether oxygens (including phenoxy) is 1. The highest BCUT2D eigenvalue weighted by molar-refractivity contribution is 5.61. The van der Waals surface area contributed by atoms with Crippen LogP contribution in [0.15, 0.2) is 40.9 Å². The highest BCUT2D eigenvalue weighted by Gasteiger charge is 2.61. The predicted molar refractivity (Wildman–Crippen MR) is 123 cm³/mol. The van der Waals surface area contributed by atoms with Crippen molar-refractivity contribution in [3.05, 3.63) is 64.8 Å². The lowest BCUT2D eigenvalue weighted by Crippen LogP contribution is -2.21. The fourth-order valence-corrected chi connectivity index (χ4v) is 4.88. The van der Waals surface area contributed by atoms with Crippen molar-refractivity contribution >= 4 is 0 Å². The number of aliphatic hydroxyl groups is 2. The van der Waals surface area contributed by atoms with E-state index in [1.807, 2.05) is 38.1 Å². The number of halogens is 1. The molecular formula is C26H31FN2O4. The zero-order valence-corrected chi connectivity index (χ0v) is 19.6. The van der Waals surface area contributed by atoms with Crippen molar-refractivity contribution in [2.75, 3.05) is 13.2 Å². The maximum atomic E-state index is 13.4. The SMILES string of the molecule is Cc1cc(-c2noc(CCC3(c4ccc(F)cc4)CC3(C)C)n2)cc(C)c1OC[C@@H](O)CO. The van der Waals surface area contributed by atoms with E-state index >= 15 is 0 Å². The first-order valence-electron chi connectivity index (χ1n) is 11.3. The normalized spacial score (nSPS) is 20.0. The second-order valence-corrected chi connectivity index (χ2v) is 9.75. The van der Waals surface area contributed by atoms with Gasteiger partial charge in [0.05, 0.1) is 6.61 Å². The summed E-state index contributed by atoms with van der Waals surface area (Å²) in [4.78, 5) is 4.61. The minimum Gasteiger partial charge on any atom is -0.490 e. The van der Waals surface area contributed by atoms with Gasteiger partial charge in [0.2, 0.25) is 11.7 Å². The minimum atomic E-state index is -0.919. The summed E-state index contributed by atoms with van der Waals surface area (Å²) in [6.07, 6.45) is 1.62.